The van der Waals surface area contributed by atoms with Crippen LogP contribution in [-0.4, -0.2) is 12.7 Å². The Kier molecular flexibility index (Phi) is 3.76. The number of carbonyl (C=O) groups is 1. The number of amides is 1. The van der Waals surface area contributed by atoms with Crippen molar-refractivity contribution in [2.24, 2.45) is 11.1 Å². The molecule has 0 aromatic heterocycles. The largest absolute Gasteiger partial charge is 0.492 e. The van der Waals surface area contributed by atoms with E-state index in [2.05, 4.69) is 25.1 Å². The molecule has 0 radical (unpaired) electrons. The summed E-state index contributed by atoms with van der Waals surface area (Å²) in [6.07, 6.45) is -1.17. The fourth-order valence-electron chi connectivity index (χ4n) is 2.98. The Balaban J connectivity index is 2.02. The first-order valence-electron chi connectivity index (χ1n) is 7.67. The Labute approximate surface area is 136 Å². The van der Waals surface area contributed by atoms with Crippen molar-refractivity contribution in [3.05, 3.63) is 53.6 Å². The lowest BCUT2D eigenvalue weighted by Gasteiger charge is -2.38. The third-order valence-electron chi connectivity index (χ3n) is 4.19. The van der Waals surface area contributed by atoms with Gasteiger partial charge in [-0.3, -0.25) is 0 Å². The van der Waals surface area contributed by atoms with Crippen LogP contribution in [0.1, 0.15) is 31.1 Å². The summed E-state index contributed by atoms with van der Waals surface area (Å²) < 4.78 is 11.3. The summed E-state index contributed by atoms with van der Waals surface area (Å²) >= 11 is 0. The summed E-state index contributed by atoms with van der Waals surface area (Å²) in [4.78, 5) is 11.3. The standard InChI is InChI=1S/C19H21NO3/c1-12-5-4-6-13(9-12)14-7-8-15-16(10-14)22-11-19(2,3)17(15)23-18(20)21/h4-10,17H,11H2,1-3H3,(H2,20,21). The van der Waals surface area contributed by atoms with Crippen molar-refractivity contribution < 1.29 is 14.3 Å². The second-order valence-electron chi connectivity index (χ2n) is 6.72. The van der Waals surface area contributed by atoms with E-state index in [1.54, 1.807) is 0 Å². The van der Waals surface area contributed by atoms with E-state index in [-0.39, 0.29) is 5.41 Å². The van der Waals surface area contributed by atoms with Gasteiger partial charge in [-0.25, -0.2) is 4.79 Å². The Hall–Kier alpha value is -2.49. The molecule has 0 bridgehead atoms. The van der Waals surface area contributed by atoms with Crippen molar-refractivity contribution in [3.63, 3.8) is 0 Å². The fraction of sp³-hybridized carbons (Fsp3) is 0.316. The van der Waals surface area contributed by atoms with E-state index in [0.29, 0.717) is 6.61 Å². The second kappa shape index (κ2) is 5.61. The summed E-state index contributed by atoms with van der Waals surface area (Å²) in [6, 6.07) is 14.3. The smallest absolute Gasteiger partial charge is 0.405 e. The molecule has 3 rings (SSSR count). The number of rotatable bonds is 2. The molecule has 0 saturated carbocycles. The van der Waals surface area contributed by atoms with Crippen molar-refractivity contribution in [2.75, 3.05) is 6.61 Å². The van der Waals surface area contributed by atoms with Crippen LogP contribution < -0.4 is 10.5 Å². The third-order valence-corrected chi connectivity index (χ3v) is 4.19. The third kappa shape index (κ3) is 3.02. The molecule has 0 saturated heterocycles. The normalized spacial score (nSPS) is 18.7. The van der Waals surface area contributed by atoms with Gasteiger partial charge in [0.05, 0.1) is 6.61 Å². The number of ether oxygens (including phenoxy) is 2. The average Bonchev–Trinajstić information content (AvgIpc) is 2.49. The van der Waals surface area contributed by atoms with Gasteiger partial charge in [-0.05, 0) is 24.1 Å². The predicted octanol–water partition coefficient (Wildman–Crippen LogP) is 4.22. The van der Waals surface area contributed by atoms with Gasteiger partial charge in [0.1, 0.15) is 11.9 Å². The maximum Gasteiger partial charge on any atom is 0.405 e. The number of fused-ring (bicyclic) bond motifs is 1. The van der Waals surface area contributed by atoms with Gasteiger partial charge < -0.3 is 15.2 Å². The molecule has 1 atom stereocenters. The van der Waals surface area contributed by atoms with E-state index in [9.17, 15) is 4.79 Å². The van der Waals surface area contributed by atoms with Crippen LogP contribution in [0.5, 0.6) is 5.75 Å². The van der Waals surface area contributed by atoms with Crippen LogP contribution in [0, 0.1) is 12.3 Å². The molecule has 120 valence electrons. The molecule has 0 aliphatic carbocycles. The van der Waals surface area contributed by atoms with E-state index >= 15 is 0 Å². The van der Waals surface area contributed by atoms with Crippen molar-refractivity contribution in [2.45, 2.75) is 26.9 Å². The zero-order valence-electron chi connectivity index (χ0n) is 13.6. The molecule has 4 heteroatoms. The molecule has 2 N–H and O–H groups in total. The Morgan fingerprint density at radius 2 is 1.96 bits per heavy atom. The van der Waals surface area contributed by atoms with E-state index in [1.165, 1.54) is 5.56 Å². The van der Waals surface area contributed by atoms with Crippen LogP contribution in [0.15, 0.2) is 42.5 Å². The lowest BCUT2D eigenvalue weighted by Crippen LogP contribution is -2.37. The second-order valence-corrected chi connectivity index (χ2v) is 6.72. The lowest BCUT2D eigenvalue weighted by atomic mass is 9.80. The van der Waals surface area contributed by atoms with Crippen LogP contribution in [0.3, 0.4) is 0 Å². The molecule has 1 aliphatic rings. The number of hydrogen-bond acceptors (Lipinski definition) is 3. The molecule has 0 fully saturated rings. The number of benzene rings is 2. The summed E-state index contributed by atoms with van der Waals surface area (Å²) in [5, 5.41) is 0. The van der Waals surface area contributed by atoms with Crippen LogP contribution in [0.2, 0.25) is 0 Å². The van der Waals surface area contributed by atoms with E-state index in [4.69, 9.17) is 15.2 Å². The van der Waals surface area contributed by atoms with Crippen LogP contribution in [-0.2, 0) is 4.74 Å². The molecule has 1 aliphatic heterocycles. The van der Waals surface area contributed by atoms with Crippen molar-refractivity contribution in [1.29, 1.82) is 0 Å². The summed E-state index contributed by atoms with van der Waals surface area (Å²) in [6.45, 7) is 6.53. The zero-order valence-corrected chi connectivity index (χ0v) is 13.6. The molecule has 2 aromatic carbocycles. The average molecular weight is 311 g/mol. The Morgan fingerprint density at radius 3 is 2.65 bits per heavy atom. The number of hydrogen-bond donors (Lipinski definition) is 1. The highest BCUT2D eigenvalue weighted by Crippen LogP contribution is 2.46. The first-order chi connectivity index (χ1) is 10.9. The van der Waals surface area contributed by atoms with Crippen molar-refractivity contribution in [1.82, 2.24) is 0 Å². The summed E-state index contributed by atoms with van der Waals surface area (Å²) in [7, 11) is 0. The Bertz CT molecular complexity index is 752. The quantitative estimate of drug-likeness (QED) is 0.903. The van der Waals surface area contributed by atoms with Gasteiger partial charge in [0.25, 0.3) is 0 Å². The molecule has 2 aromatic rings. The predicted molar refractivity (Wildman–Crippen MR) is 89.3 cm³/mol. The molecular weight excluding hydrogens is 290 g/mol. The van der Waals surface area contributed by atoms with Gasteiger partial charge >= 0.3 is 6.09 Å². The minimum atomic E-state index is -0.765. The highest BCUT2D eigenvalue weighted by Gasteiger charge is 2.40. The molecule has 0 spiro atoms. The Morgan fingerprint density at radius 1 is 1.22 bits per heavy atom. The first kappa shape index (κ1) is 15.4. The summed E-state index contributed by atoms with van der Waals surface area (Å²) in [5.74, 6) is 0.745. The first-order valence-corrected chi connectivity index (χ1v) is 7.67. The maximum atomic E-state index is 11.3. The number of nitrogens with two attached hydrogens (primary N) is 1. The molecule has 1 heterocycles. The lowest BCUT2D eigenvalue weighted by molar-refractivity contribution is -0.0176. The highest BCUT2D eigenvalue weighted by molar-refractivity contribution is 5.68. The van der Waals surface area contributed by atoms with Gasteiger partial charge in [-0.15, -0.1) is 0 Å². The topological polar surface area (TPSA) is 61.6 Å². The van der Waals surface area contributed by atoms with E-state index < -0.39 is 12.2 Å². The molecule has 4 nitrogen and oxygen atoms in total. The molecule has 1 unspecified atom stereocenters. The number of aryl methyl sites for hydroxylation is 1. The summed E-state index contributed by atoms with van der Waals surface area (Å²) in [5.41, 5.74) is 9.18. The van der Waals surface area contributed by atoms with Gasteiger partial charge in [0, 0.05) is 11.0 Å². The number of primary amides is 1. The SMILES string of the molecule is Cc1cccc(-c2ccc3c(c2)OCC(C)(C)C3OC(N)=O)c1. The van der Waals surface area contributed by atoms with E-state index in [1.807, 2.05) is 38.1 Å². The van der Waals surface area contributed by atoms with Crippen LogP contribution in [0.25, 0.3) is 11.1 Å². The van der Waals surface area contributed by atoms with Crippen LogP contribution >= 0.6 is 0 Å². The monoisotopic (exact) mass is 311 g/mol. The van der Waals surface area contributed by atoms with Gasteiger partial charge in [-0.2, -0.15) is 0 Å². The highest BCUT2D eigenvalue weighted by atomic mass is 16.6. The molecule has 23 heavy (non-hydrogen) atoms. The molecular formula is C19H21NO3. The van der Waals surface area contributed by atoms with Crippen molar-refractivity contribution in [3.8, 4) is 16.9 Å². The van der Waals surface area contributed by atoms with Gasteiger partial charge in [0.2, 0.25) is 0 Å². The minimum Gasteiger partial charge on any atom is -0.492 e. The fourth-order valence-corrected chi connectivity index (χ4v) is 2.98. The minimum absolute atomic E-state index is 0.327. The van der Waals surface area contributed by atoms with Gasteiger partial charge in [0.15, 0.2) is 0 Å². The molecule has 1 amide bonds. The van der Waals surface area contributed by atoms with E-state index in [0.717, 1.165) is 22.4 Å². The zero-order chi connectivity index (χ0) is 16.6. The van der Waals surface area contributed by atoms with Gasteiger partial charge in [-0.1, -0.05) is 55.8 Å². The maximum absolute atomic E-state index is 11.3. The number of carbonyl (C=O) groups excluding carboxylic acids is 1. The van der Waals surface area contributed by atoms with Crippen LogP contribution in [0.4, 0.5) is 4.79 Å². The van der Waals surface area contributed by atoms with Crippen molar-refractivity contribution >= 4 is 6.09 Å².